The van der Waals surface area contributed by atoms with Gasteiger partial charge in [0.05, 0.1) is 19.2 Å². The molecule has 0 aliphatic carbocycles. The van der Waals surface area contributed by atoms with Crippen LogP contribution in [-0.4, -0.2) is 45.4 Å². The lowest BCUT2D eigenvalue weighted by molar-refractivity contribution is -0.309. The van der Waals surface area contributed by atoms with Crippen molar-refractivity contribution in [3.63, 3.8) is 0 Å². The van der Waals surface area contributed by atoms with E-state index >= 15 is 0 Å². The van der Waals surface area contributed by atoms with Crippen molar-refractivity contribution in [1.82, 2.24) is 5.32 Å². The van der Waals surface area contributed by atoms with Crippen LogP contribution in [0.3, 0.4) is 0 Å². The summed E-state index contributed by atoms with van der Waals surface area (Å²) in [7, 11) is 1.51. The second-order valence-electron chi connectivity index (χ2n) is 2.21. The van der Waals surface area contributed by atoms with E-state index in [9.17, 15) is 14.7 Å². The third kappa shape index (κ3) is 8.77. The Hall–Kier alpha value is -1.14. The summed E-state index contributed by atoms with van der Waals surface area (Å²) in [6.45, 7) is -0.0639. The van der Waals surface area contributed by atoms with Crippen LogP contribution in [0.4, 0.5) is 0 Å². The van der Waals surface area contributed by atoms with Gasteiger partial charge < -0.3 is 24.7 Å². The number of amides is 1. The summed E-state index contributed by atoms with van der Waals surface area (Å²) in [4.78, 5) is 20.6. The number of hydrogen-bond donors (Lipinski definition) is 1. The molecule has 1 N–H and O–H groups in total. The Morgan fingerprint density at radius 1 is 1.38 bits per heavy atom. The summed E-state index contributed by atoms with van der Waals surface area (Å²) in [5.41, 5.74) is 0. The van der Waals surface area contributed by atoms with Crippen molar-refractivity contribution in [3.05, 3.63) is 0 Å². The fourth-order valence-corrected chi connectivity index (χ4v) is 0.571. The average Bonchev–Trinajstić information content (AvgIpc) is 2.04. The van der Waals surface area contributed by atoms with E-state index in [0.717, 1.165) is 0 Å². The molecule has 0 spiro atoms. The highest BCUT2D eigenvalue weighted by Gasteiger charge is 1.99. The van der Waals surface area contributed by atoms with E-state index in [1.165, 1.54) is 7.11 Å². The molecule has 0 unspecified atom stereocenters. The SMILES string of the molecule is COCCNC(=O)COCC(=O)[O-]. The zero-order chi connectivity index (χ0) is 10.1. The predicted octanol–water partition coefficient (Wildman–Crippen LogP) is -2.48. The van der Waals surface area contributed by atoms with Crippen LogP contribution in [-0.2, 0) is 19.1 Å². The van der Waals surface area contributed by atoms with Crippen molar-refractivity contribution < 1.29 is 24.2 Å². The molecule has 76 valence electrons. The van der Waals surface area contributed by atoms with Gasteiger partial charge in [0, 0.05) is 13.7 Å². The van der Waals surface area contributed by atoms with Gasteiger partial charge in [0.15, 0.2) is 0 Å². The minimum atomic E-state index is -1.34. The van der Waals surface area contributed by atoms with E-state index in [1.54, 1.807) is 0 Å². The lowest BCUT2D eigenvalue weighted by atomic mass is 10.6. The molecule has 1 amide bonds. The Labute approximate surface area is 75.8 Å². The third-order valence-electron chi connectivity index (χ3n) is 1.08. The molecule has 0 bridgehead atoms. The van der Waals surface area contributed by atoms with Crippen molar-refractivity contribution in [1.29, 1.82) is 0 Å². The molecule has 0 fully saturated rings. The summed E-state index contributed by atoms with van der Waals surface area (Å²) in [5.74, 6) is -1.72. The van der Waals surface area contributed by atoms with Gasteiger partial charge in [0.25, 0.3) is 0 Å². The predicted molar refractivity (Wildman–Crippen MR) is 40.7 cm³/mol. The fourth-order valence-electron chi connectivity index (χ4n) is 0.571. The minimum absolute atomic E-state index is 0.280. The number of methoxy groups -OCH3 is 1. The van der Waals surface area contributed by atoms with E-state index in [-0.39, 0.29) is 12.5 Å². The molecule has 0 heterocycles. The summed E-state index contributed by atoms with van der Waals surface area (Å²) in [6.07, 6.45) is 0. The first kappa shape index (κ1) is 11.9. The Bertz CT molecular complexity index is 170. The largest absolute Gasteiger partial charge is 0.548 e. The molecule has 0 radical (unpaired) electrons. The first-order valence-electron chi connectivity index (χ1n) is 3.70. The average molecular weight is 190 g/mol. The lowest BCUT2D eigenvalue weighted by Gasteiger charge is -2.05. The van der Waals surface area contributed by atoms with Gasteiger partial charge in [-0.1, -0.05) is 0 Å². The lowest BCUT2D eigenvalue weighted by Crippen LogP contribution is -2.33. The highest BCUT2D eigenvalue weighted by molar-refractivity contribution is 5.77. The normalized spacial score (nSPS) is 9.62. The molecular weight excluding hydrogens is 178 g/mol. The quantitative estimate of drug-likeness (QED) is 0.449. The molecular formula is C7H12NO5-. The number of carboxylic acids is 1. The first-order valence-corrected chi connectivity index (χ1v) is 3.70. The van der Waals surface area contributed by atoms with Crippen LogP contribution in [0.1, 0.15) is 0 Å². The van der Waals surface area contributed by atoms with Crippen molar-refractivity contribution in [2.45, 2.75) is 0 Å². The second-order valence-corrected chi connectivity index (χ2v) is 2.21. The monoisotopic (exact) mass is 190 g/mol. The molecule has 0 aromatic rings. The standard InChI is InChI=1S/C7H13NO5/c1-12-3-2-8-6(9)4-13-5-7(10)11/h2-5H2,1H3,(H,8,9)(H,10,11)/p-1. The van der Waals surface area contributed by atoms with Crippen LogP contribution >= 0.6 is 0 Å². The number of carbonyl (C=O) groups excluding carboxylic acids is 2. The van der Waals surface area contributed by atoms with Crippen LogP contribution in [0.15, 0.2) is 0 Å². The van der Waals surface area contributed by atoms with Crippen LogP contribution < -0.4 is 10.4 Å². The van der Waals surface area contributed by atoms with Gasteiger partial charge >= 0.3 is 0 Å². The van der Waals surface area contributed by atoms with Gasteiger partial charge in [-0.25, -0.2) is 0 Å². The molecule has 13 heavy (non-hydrogen) atoms. The minimum Gasteiger partial charge on any atom is -0.548 e. The van der Waals surface area contributed by atoms with Gasteiger partial charge in [-0.05, 0) is 0 Å². The van der Waals surface area contributed by atoms with E-state index < -0.39 is 12.6 Å². The van der Waals surface area contributed by atoms with Gasteiger partial charge in [0.1, 0.15) is 6.61 Å². The molecule has 0 saturated carbocycles. The molecule has 0 aliphatic heterocycles. The number of carbonyl (C=O) groups is 2. The molecule has 0 aromatic heterocycles. The highest BCUT2D eigenvalue weighted by atomic mass is 16.5. The van der Waals surface area contributed by atoms with E-state index in [1.807, 2.05) is 0 Å². The number of ether oxygens (including phenoxy) is 2. The molecule has 0 rings (SSSR count). The molecule has 6 heteroatoms. The van der Waals surface area contributed by atoms with Crippen molar-refractivity contribution in [2.24, 2.45) is 0 Å². The van der Waals surface area contributed by atoms with Gasteiger partial charge in [-0.15, -0.1) is 0 Å². The Morgan fingerprint density at radius 3 is 2.62 bits per heavy atom. The molecule has 0 aromatic carbocycles. The van der Waals surface area contributed by atoms with Gasteiger partial charge in [0.2, 0.25) is 5.91 Å². The molecule has 0 aliphatic rings. The number of hydrogen-bond acceptors (Lipinski definition) is 5. The van der Waals surface area contributed by atoms with E-state index in [2.05, 4.69) is 14.8 Å². The summed E-state index contributed by atoms with van der Waals surface area (Å²) < 4.78 is 9.15. The zero-order valence-electron chi connectivity index (χ0n) is 7.37. The van der Waals surface area contributed by atoms with E-state index in [4.69, 9.17) is 0 Å². The molecule has 0 atom stereocenters. The highest BCUT2D eigenvalue weighted by Crippen LogP contribution is 1.74. The third-order valence-corrected chi connectivity index (χ3v) is 1.08. The van der Waals surface area contributed by atoms with E-state index in [0.29, 0.717) is 13.2 Å². The summed E-state index contributed by atoms with van der Waals surface area (Å²) >= 11 is 0. The number of rotatable bonds is 7. The fraction of sp³-hybridized carbons (Fsp3) is 0.714. The number of aliphatic carboxylic acids is 1. The van der Waals surface area contributed by atoms with Crippen molar-refractivity contribution in [3.8, 4) is 0 Å². The van der Waals surface area contributed by atoms with Crippen LogP contribution in [0.2, 0.25) is 0 Å². The van der Waals surface area contributed by atoms with Gasteiger partial charge in [-0.3, -0.25) is 4.79 Å². The number of nitrogens with one attached hydrogen (secondary N) is 1. The smallest absolute Gasteiger partial charge is 0.246 e. The Morgan fingerprint density at radius 2 is 2.08 bits per heavy atom. The maximum atomic E-state index is 10.8. The Kier molecular flexibility index (Phi) is 6.85. The maximum Gasteiger partial charge on any atom is 0.246 e. The van der Waals surface area contributed by atoms with Crippen LogP contribution in [0.5, 0.6) is 0 Å². The van der Waals surface area contributed by atoms with Crippen molar-refractivity contribution in [2.75, 3.05) is 33.5 Å². The van der Waals surface area contributed by atoms with Gasteiger partial charge in [-0.2, -0.15) is 0 Å². The maximum absolute atomic E-state index is 10.8. The molecule has 6 nitrogen and oxygen atoms in total. The first-order chi connectivity index (χ1) is 6.16. The van der Waals surface area contributed by atoms with Crippen LogP contribution in [0, 0.1) is 0 Å². The Balaban J connectivity index is 3.25. The molecule has 0 saturated heterocycles. The number of carboxylic acid groups (broad SMARTS) is 1. The second kappa shape index (κ2) is 7.51. The summed E-state index contributed by atoms with van der Waals surface area (Å²) in [6, 6.07) is 0. The van der Waals surface area contributed by atoms with Crippen LogP contribution in [0.25, 0.3) is 0 Å². The summed E-state index contributed by atoms with van der Waals surface area (Å²) in [5, 5.41) is 12.3. The topological polar surface area (TPSA) is 87.7 Å². The van der Waals surface area contributed by atoms with Crippen molar-refractivity contribution >= 4 is 11.9 Å². The zero-order valence-corrected chi connectivity index (χ0v) is 7.37.